The Bertz CT molecular complexity index is 481. The number of hydrogen-bond donors (Lipinski definition) is 1. The number of H-pyrrole nitrogens is 1. The van der Waals surface area contributed by atoms with Gasteiger partial charge in [0.05, 0.1) is 0 Å². The molecule has 0 saturated carbocycles. The maximum atomic E-state index is 4.17. The van der Waals surface area contributed by atoms with E-state index in [0.29, 0.717) is 0 Å². The summed E-state index contributed by atoms with van der Waals surface area (Å²) in [5, 5.41) is 0. The third-order valence-corrected chi connectivity index (χ3v) is 2.71. The normalized spacial score (nSPS) is 11.1. The second kappa shape index (κ2) is 4.79. The lowest BCUT2D eigenvalue weighted by atomic mass is 10.1. The molecule has 0 unspecified atom stereocenters. The van der Waals surface area contributed by atoms with E-state index >= 15 is 0 Å². The maximum absolute atomic E-state index is 4.17. The molecule has 2 heteroatoms. The Morgan fingerprint density at radius 3 is 2.81 bits per heavy atom. The molecule has 82 valence electrons. The maximum Gasteiger partial charge on any atom is 0.109 e. The number of nitrogens with one attached hydrogen (secondary N) is 1. The molecule has 0 bridgehead atoms. The van der Waals surface area contributed by atoms with Crippen molar-refractivity contribution < 1.29 is 0 Å². The number of imidazole rings is 1. The van der Waals surface area contributed by atoms with Crippen molar-refractivity contribution in [2.24, 2.45) is 0 Å². The van der Waals surface area contributed by atoms with Gasteiger partial charge in [-0.1, -0.05) is 30.4 Å². The molecule has 1 N–H and O–H groups in total. The summed E-state index contributed by atoms with van der Waals surface area (Å²) in [5.41, 5.74) is 3.91. The molecule has 0 aliphatic carbocycles. The van der Waals surface area contributed by atoms with Crippen molar-refractivity contribution in [3.63, 3.8) is 0 Å². The molecule has 0 aliphatic rings. The number of aryl methyl sites for hydroxylation is 2. The van der Waals surface area contributed by atoms with Crippen LogP contribution < -0.4 is 0 Å². The topological polar surface area (TPSA) is 28.7 Å². The van der Waals surface area contributed by atoms with E-state index in [0.717, 1.165) is 12.2 Å². The minimum absolute atomic E-state index is 0.847. The number of benzene rings is 1. The van der Waals surface area contributed by atoms with E-state index in [1.807, 2.05) is 6.20 Å². The van der Waals surface area contributed by atoms with Crippen LogP contribution in [0.15, 0.2) is 36.7 Å². The Morgan fingerprint density at radius 1 is 1.25 bits per heavy atom. The van der Waals surface area contributed by atoms with Gasteiger partial charge in [-0.15, -0.1) is 0 Å². The molecule has 0 saturated heterocycles. The minimum atomic E-state index is 0.847. The highest BCUT2D eigenvalue weighted by Crippen LogP contribution is 2.11. The van der Waals surface area contributed by atoms with Gasteiger partial charge in [-0.3, -0.25) is 0 Å². The molecule has 1 aromatic heterocycles. The molecule has 2 aromatic rings. The van der Waals surface area contributed by atoms with Gasteiger partial charge >= 0.3 is 0 Å². The fraction of sp³-hybridized carbons (Fsp3) is 0.214. The first-order chi connectivity index (χ1) is 7.75. The van der Waals surface area contributed by atoms with E-state index in [-0.39, 0.29) is 0 Å². The van der Waals surface area contributed by atoms with E-state index < -0.39 is 0 Å². The Morgan fingerprint density at radius 2 is 2.12 bits per heavy atom. The number of aromatic nitrogens is 2. The number of hydrogen-bond acceptors (Lipinski definition) is 1. The number of aromatic amines is 1. The van der Waals surface area contributed by atoms with Crippen LogP contribution in [0.4, 0.5) is 0 Å². The second-order valence-corrected chi connectivity index (χ2v) is 3.99. The zero-order chi connectivity index (χ0) is 11.4. The zero-order valence-electron chi connectivity index (χ0n) is 9.70. The van der Waals surface area contributed by atoms with Crippen molar-refractivity contribution in [3.8, 4) is 0 Å². The van der Waals surface area contributed by atoms with Gasteiger partial charge in [-0.2, -0.15) is 0 Å². The van der Waals surface area contributed by atoms with Crippen LogP contribution in [0.2, 0.25) is 0 Å². The molecule has 1 heterocycles. The van der Waals surface area contributed by atoms with Gasteiger partial charge in [-0.05, 0) is 30.5 Å². The van der Waals surface area contributed by atoms with Gasteiger partial charge in [0.1, 0.15) is 5.82 Å². The SMILES string of the molecule is Cc1ccc(C=CCc2ncc[nH]2)cc1C. The summed E-state index contributed by atoms with van der Waals surface area (Å²) in [5.74, 6) is 1.00. The fourth-order valence-electron chi connectivity index (χ4n) is 1.58. The standard InChI is InChI=1S/C14H16N2/c1-11-6-7-13(10-12(11)2)4-3-5-14-15-8-9-16-14/h3-4,6-10H,5H2,1-2H3,(H,15,16). The molecule has 16 heavy (non-hydrogen) atoms. The van der Waals surface area contributed by atoms with E-state index in [4.69, 9.17) is 0 Å². The van der Waals surface area contributed by atoms with Gasteiger partial charge in [0.25, 0.3) is 0 Å². The molecule has 0 fully saturated rings. The largest absolute Gasteiger partial charge is 0.348 e. The van der Waals surface area contributed by atoms with Gasteiger partial charge in [-0.25, -0.2) is 4.98 Å². The van der Waals surface area contributed by atoms with E-state index in [1.54, 1.807) is 6.20 Å². The highest BCUT2D eigenvalue weighted by Gasteiger charge is 1.93. The van der Waals surface area contributed by atoms with Crippen molar-refractivity contribution in [3.05, 3.63) is 59.2 Å². The Labute approximate surface area is 96.1 Å². The first kappa shape index (κ1) is 10.7. The molecule has 0 radical (unpaired) electrons. The first-order valence-electron chi connectivity index (χ1n) is 5.48. The van der Waals surface area contributed by atoms with Crippen molar-refractivity contribution in [1.29, 1.82) is 0 Å². The second-order valence-electron chi connectivity index (χ2n) is 3.99. The lowest BCUT2D eigenvalue weighted by Crippen LogP contribution is -1.84. The molecule has 2 nitrogen and oxygen atoms in total. The van der Waals surface area contributed by atoms with Gasteiger partial charge < -0.3 is 4.98 Å². The quantitative estimate of drug-likeness (QED) is 0.831. The summed E-state index contributed by atoms with van der Waals surface area (Å²) in [7, 11) is 0. The van der Waals surface area contributed by atoms with Crippen molar-refractivity contribution in [2.75, 3.05) is 0 Å². The third kappa shape index (κ3) is 2.60. The zero-order valence-corrected chi connectivity index (χ0v) is 9.70. The molecular weight excluding hydrogens is 196 g/mol. The Kier molecular flexibility index (Phi) is 3.20. The smallest absolute Gasteiger partial charge is 0.109 e. The summed E-state index contributed by atoms with van der Waals surface area (Å²) in [6.45, 7) is 4.27. The van der Waals surface area contributed by atoms with Crippen LogP contribution in [0, 0.1) is 13.8 Å². The fourth-order valence-corrected chi connectivity index (χ4v) is 1.58. The monoisotopic (exact) mass is 212 g/mol. The molecular formula is C14H16N2. The summed E-state index contributed by atoms with van der Waals surface area (Å²) in [6.07, 6.45) is 8.73. The Balaban J connectivity index is 2.03. The molecule has 0 amide bonds. The summed E-state index contributed by atoms with van der Waals surface area (Å²) >= 11 is 0. The predicted molar refractivity (Wildman–Crippen MR) is 67.2 cm³/mol. The molecule has 2 rings (SSSR count). The van der Waals surface area contributed by atoms with Gasteiger partial charge in [0.15, 0.2) is 0 Å². The van der Waals surface area contributed by atoms with Crippen LogP contribution in [-0.4, -0.2) is 9.97 Å². The van der Waals surface area contributed by atoms with Crippen molar-refractivity contribution >= 4 is 6.08 Å². The average molecular weight is 212 g/mol. The van der Waals surface area contributed by atoms with Crippen LogP contribution in [0.25, 0.3) is 6.08 Å². The van der Waals surface area contributed by atoms with Crippen LogP contribution >= 0.6 is 0 Å². The lowest BCUT2D eigenvalue weighted by Gasteiger charge is -2.00. The summed E-state index contributed by atoms with van der Waals surface area (Å²) in [6, 6.07) is 6.50. The van der Waals surface area contributed by atoms with E-state index in [1.165, 1.54) is 16.7 Å². The van der Waals surface area contributed by atoms with Crippen molar-refractivity contribution in [2.45, 2.75) is 20.3 Å². The molecule has 0 aliphatic heterocycles. The lowest BCUT2D eigenvalue weighted by molar-refractivity contribution is 1.06. The Hall–Kier alpha value is -1.83. The van der Waals surface area contributed by atoms with Gasteiger partial charge in [0.2, 0.25) is 0 Å². The van der Waals surface area contributed by atoms with E-state index in [9.17, 15) is 0 Å². The van der Waals surface area contributed by atoms with Crippen LogP contribution in [0.5, 0.6) is 0 Å². The summed E-state index contributed by atoms with van der Waals surface area (Å²) in [4.78, 5) is 7.25. The predicted octanol–water partition coefficient (Wildman–Crippen LogP) is 3.28. The molecule has 0 spiro atoms. The van der Waals surface area contributed by atoms with Crippen LogP contribution in [0.3, 0.4) is 0 Å². The summed E-state index contributed by atoms with van der Waals surface area (Å²) < 4.78 is 0. The van der Waals surface area contributed by atoms with Gasteiger partial charge in [0, 0.05) is 18.8 Å². The average Bonchev–Trinajstić information content (AvgIpc) is 2.76. The van der Waals surface area contributed by atoms with Crippen LogP contribution in [0.1, 0.15) is 22.5 Å². The van der Waals surface area contributed by atoms with E-state index in [2.05, 4.69) is 54.2 Å². The highest BCUT2D eigenvalue weighted by molar-refractivity contribution is 5.51. The molecule has 0 atom stereocenters. The van der Waals surface area contributed by atoms with Crippen LogP contribution in [-0.2, 0) is 6.42 Å². The minimum Gasteiger partial charge on any atom is -0.348 e. The number of allylic oxidation sites excluding steroid dienone is 1. The first-order valence-corrected chi connectivity index (χ1v) is 5.48. The third-order valence-electron chi connectivity index (χ3n) is 2.71. The highest BCUT2D eigenvalue weighted by atomic mass is 14.9. The molecule has 1 aromatic carbocycles. The number of nitrogens with zero attached hydrogens (tertiary/aromatic N) is 1. The number of rotatable bonds is 3. The van der Waals surface area contributed by atoms with Crippen molar-refractivity contribution in [1.82, 2.24) is 9.97 Å².